The van der Waals surface area contributed by atoms with Crippen molar-refractivity contribution in [3.8, 4) is 11.5 Å². The molecule has 0 amide bonds. The molecule has 0 unspecified atom stereocenters. The van der Waals surface area contributed by atoms with Crippen LogP contribution >= 0.6 is 0 Å². The van der Waals surface area contributed by atoms with Crippen LogP contribution in [0.15, 0.2) is 78.9 Å². The normalized spacial score (nSPS) is 14.7. The van der Waals surface area contributed by atoms with Gasteiger partial charge in [0.2, 0.25) is 0 Å². The van der Waals surface area contributed by atoms with E-state index in [4.69, 9.17) is 14.2 Å². The van der Waals surface area contributed by atoms with E-state index < -0.39 is 0 Å². The molecule has 1 fully saturated rings. The van der Waals surface area contributed by atoms with Crippen LogP contribution in [0.3, 0.4) is 0 Å². The van der Waals surface area contributed by atoms with Crippen molar-refractivity contribution < 1.29 is 19.0 Å². The first kappa shape index (κ1) is 24.9. The summed E-state index contributed by atoms with van der Waals surface area (Å²) in [6.45, 7) is 6.61. The molecule has 1 saturated heterocycles. The monoisotopic (exact) mass is 474 g/mol. The lowest BCUT2D eigenvalue weighted by Crippen LogP contribution is -2.48. The second-order valence-corrected chi connectivity index (χ2v) is 8.59. The molecule has 35 heavy (non-hydrogen) atoms. The fourth-order valence-electron chi connectivity index (χ4n) is 4.51. The molecule has 3 aromatic carbocycles. The highest BCUT2D eigenvalue weighted by Crippen LogP contribution is 2.29. The van der Waals surface area contributed by atoms with Crippen LogP contribution in [0, 0.1) is 0 Å². The Balaban J connectivity index is 1.19. The third-order valence-electron chi connectivity index (χ3n) is 6.36. The Hall–Kier alpha value is -3.19. The number of aldehydes is 1. The Labute approximate surface area is 208 Å². The average molecular weight is 475 g/mol. The van der Waals surface area contributed by atoms with Gasteiger partial charge in [-0.15, -0.1) is 0 Å². The molecular weight excluding hydrogens is 440 g/mol. The molecule has 0 N–H and O–H groups in total. The minimum Gasteiger partial charge on any atom is -0.493 e. The number of nitrogens with zero attached hydrogens (tertiary/aromatic N) is 2. The summed E-state index contributed by atoms with van der Waals surface area (Å²) >= 11 is 0. The maximum absolute atomic E-state index is 10.9. The number of carbonyl (C=O) groups excluding carboxylic acids is 1. The third-order valence-corrected chi connectivity index (χ3v) is 6.36. The molecule has 184 valence electrons. The molecule has 0 spiro atoms. The van der Waals surface area contributed by atoms with Gasteiger partial charge in [0.05, 0.1) is 26.4 Å². The van der Waals surface area contributed by atoms with Crippen LogP contribution < -0.4 is 9.47 Å². The fraction of sp³-hybridized carbons (Fsp3) is 0.345. The second-order valence-electron chi connectivity index (χ2n) is 8.59. The standard InChI is InChI=1S/C29H34N2O4/c1-33-28-22-24(23-32)12-13-27(28)35-21-20-34-19-18-30-14-16-31(17-15-30)29(25-8-4-2-5-9-25)26-10-6-3-7-11-26/h2-13,22-23,29H,14-21H2,1H3. The topological polar surface area (TPSA) is 51.2 Å². The first-order chi connectivity index (χ1) is 17.3. The van der Waals surface area contributed by atoms with Gasteiger partial charge in [0.15, 0.2) is 11.5 Å². The molecule has 1 aliphatic rings. The molecular formula is C29H34N2O4. The van der Waals surface area contributed by atoms with Gasteiger partial charge in [-0.3, -0.25) is 14.6 Å². The number of rotatable bonds is 12. The lowest BCUT2D eigenvalue weighted by Gasteiger charge is -2.39. The van der Waals surface area contributed by atoms with E-state index in [-0.39, 0.29) is 6.04 Å². The second kappa shape index (κ2) is 13.0. The maximum Gasteiger partial charge on any atom is 0.161 e. The highest BCUT2D eigenvalue weighted by atomic mass is 16.5. The quantitative estimate of drug-likeness (QED) is 0.288. The summed E-state index contributed by atoms with van der Waals surface area (Å²) in [5.74, 6) is 1.17. The van der Waals surface area contributed by atoms with Crippen molar-refractivity contribution in [3.63, 3.8) is 0 Å². The van der Waals surface area contributed by atoms with Crippen LogP contribution in [0.2, 0.25) is 0 Å². The number of hydrogen-bond acceptors (Lipinski definition) is 6. The number of ether oxygens (including phenoxy) is 3. The Morgan fingerprint density at radius 2 is 1.46 bits per heavy atom. The van der Waals surface area contributed by atoms with Crippen LogP contribution in [-0.4, -0.2) is 75.7 Å². The molecule has 0 radical (unpaired) electrons. The molecule has 1 heterocycles. The van der Waals surface area contributed by atoms with Crippen LogP contribution in [0.4, 0.5) is 0 Å². The summed E-state index contributed by atoms with van der Waals surface area (Å²) < 4.78 is 16.9. The first-order valence-corrected chi connectivity index (χ1v) is 12.2. The van der Waals surface area contributed by atoms with Crippen molar-refractivity contribution in [1.82, 2.24) is 9.80 Å². The maximum atomic E-state index is 10.9. The van der Waals surface area contributed by atoms with Gasteiger partial charge in [-0.1, -0.05) is 60.7 Å². The van der Waals surface area contributed by atoms with E-state index in [1.165, 1.54) is 11.1 Å². The number of benzene rings is 3. The van der Waals surface area contributed by atoms with E-state index in [1.54, 1.807) is 25.3 Å². The van der Waals surface area contributed by atoms with Gasteiger partial charge in [-0.2, -0.15) is 0 Å². The van der Waals surface area contributed by atoms with Crippen molar-refractivity contribution in [3.05, 3.63) is 95.6 Å². The largest absolute Gasteiger partial charge is 0.493 e. The van der Waals surface area contributed by atoms with Crippen molar-refractivity contribution in [2.24, 2.45) is 0 Å². The molecule has 0 aliphatic carbocycles. The molecule has 6 nitrogen and oxygen atoms in total. The molecule has 3 aromatic rings. The first-order valence-electron chi connectivity index (χ1n) is 12.2. The Kier molecular flexibility index (Phi) is 9.29. The molecule has 6 heteroatoms. The summed E-state index contributed by atoms with van der Waals surface area (Å²) in [6.07, 6.45) is 0.790. The van der Waals surface area contributed by atoms with Gasteiger partial charge in [0.25, 0.3) is 0 Å². The van der Waals surface area contributed by atoms with E-state index in [2.05, 4.69) is 70.5 Å². The van der Waals surface area contributed by atoms with E-state index in [1.807, 2.05) is 0 Å². The molecule has 4 rings (SSSR count). The number of carbonyl (C=O) groups is 1. The summed E-state index contributed by atoms with van der Waals surface area (Å²) in [7, 11) is 1.56. The van der Waals surface area contributed by atoms with Gasteiger partial charge in [-0.25, -0.2) is 0 Å². The van der Waals surface area contributed by atoms with Crippen LogP contribution in [0.1, 0.15) is 27.5 Å². The van der Waals surface area contributed by atoms with E-state index in [9.17, 15) is 4.79 Å². The van der Waals surface area contributed by atoms with E-state index in [0.29, 0.717) is 36.9 Å². The zero-order chi connectivity index (χ0) is 24.3. The summed E-state index contributed by atoms with van der Waals surface area (Å²) in [4.78, 5) is 16.0. The highest BCUT2D eigenvalue weighted by molar-refractivity contribution is 5.76. The number of hydrogen-bond donors (Lipinski definition) is 0. The highest BCUT2D eigenvalue weighted by Gasteiger charge is 2.26. The average Bonchev–Trinajstić information content (AvgIpc) is 2.93. The lowest BCUT2D eigenvalue weighted by atomic mass is 9.96. The molecule has 0 saturated carbocycles. The summed E-state index contributed by atoms with van der Waals surface area (Å²) in [5.41, 5.74) is 3.24. The van der Waals surface area contributed by atoms with Crippen LogP contribution in [0.25, 0.3) is 0 Å². The van der Waals surface area contributed by atoms with Crippen LogP contribution in [-0.2, 0) is 4.74 Å². The number of piperazine rings is 1. The Bertz CT molecular complexity index is 998. The molecule has 0 bridgehead atoms. The van der Waals surface area contributed by atoms with Crippen molar-refractivity contribution in [1.29, 1.82) is 0 Å². The zero-order valence-electron chi connectivity index (χ0n) is 20.3. The SMILES string of the molecule is COc1cc(C=O)ccc1OCCOCCN1CCN(C(c2ccccc2)c2ccccc2)CC1. The zero-order valence-corrected chi connectivity index (χ0v) is 20.3. The fourth-order valence-corrected chi connectivity index (χ4v) is 4.51. The predicted octanol–water partition coefficient (Wildman–Crippen LogP) is 4.31. The van der Waals surface area contributed by atoms with E-state index >= 15 is 0 Å². The minimum atomic E-state index is 0.283. The Morgan fingerprint density at radius 1 is 0.800 bits per heavy atom. The molecule has 0 atom stereocenters. The summed E-state index contributed by atoms with van der Waals surface area (Å²) in [6, 6.07) is 27.0. The van der Waals surface area contributed by atoms with Gasteiger partial charge in [0, 0.05) is 38.3 Å². The smallest absolute Gasteiger partial charge is 0.161 e. The van der Waals surface area contributed by atoms with Gasteiger partial charge in [0.1, 0.15) is 12.9 Å². The van der Waals surface area contributed by atoms with Gasteiger partial charge in [-0.05, 0) is 29.3 Å². The third kappa shape index (κ3) is 6.92. The van der Waals surface area contributed by atoms with E-state index in [0.717, 1.165) is 39.0 Å². The van der Waals surface area contributed by atoms with Gasteiger partial charge >= 0.3 is 0 Å². The molecule has 1 aliphatic heterocycles. The lowest BCUT2D eigenvalue weighted by molar-refractivity contribution is 0.0552. The number of methoxy groups -OCH3 is 1. The van der Waals surface area contributed by atoms with Crippen molar-refractivity contribution >= 4 is 6.29 Å². The van der Waals surface area contributed by atoms with Crippen molar-refractivity contribution in [2.45, 2.75) is 6.04 Å². The molecule has 0 aromatic heterocycles. The van der Waals surface area contributed by atoms with Crippen molar-refractivity contribution in [2.75, 3.05) is 59.7 Å². The van der Waals surface area contributed by atoms with Gasteiger partial charge < -0.3 is 14.2 Å². The van der Waals surface area contributed by atoms with Crippen LogP contribution in [0.5, 0.6) is 11.5 Å². The summed E-state index contributed by atoms with van der Waals surface area (Å²) in [5, 5.41) is 0. The minimum absolute atomic E-state index is 0.283. The predicted molar refractivity (Wildman–Crippen MR) is 137 cm³/mol. The Morgan fingerprint density at radius 3 is 2.06 bits per heavy atom.